The molecule has 0 unspecified atom stereocenters. The molecule has 7 nitrogen and oxygen atoms in total. The van der Waals surface area contributed by atoms with Crippen molar-refractivity contribution in [2.45, 2.75) is 52.2 Å². The quantitative estimate of drug-likeness (QED) is 0.910. The van der Waals surface area contributed by atoms with Gasteiger partial charge in [0.05, 0.1) is 12.1 Å². The summed E-state index contributed by atoms with van der Waals surface area (Å²) in [4.78, 5) is 29.4. The molecule has 1 aromatic carbocycles. The minimum absolute atomic E-state index is 0.0480. The number of benzene rings is 1. The van der Waals surface area contributed by atoms with Gasteiger partial charge in [-0.3, -0.25) is 4.57 Å². The summed E-state index contributed by atoms with van der Waals surface area (Å²) >= 11 is 0. The van der Waals surface area contributed by atoms with Crippen LogP contribution in [0.5, 0.6) is 5.75 Å². The molecule has 1 aliphatic heterocycles. The highest BCUT2D eigenvalue weighted by Crippen LogP contribution is 2.29. The molecule has 26 heavy (non-hydrogen) atoms. The molecule has 0 saturated carbocycles. The fourth-order valence-electron chi connectivity index (χ4n) is 3.39. The molecule has 7 heteroatoms. The molecule has 1 fully saturated rings. The zero-order valence-corrected chi connectivity index (χ0v) is 15.9. The summed E-state index contributed by atoms with van der Waals surface area (Å²) in [5.41, 5.74) is 0.936. The van der Waals surface area contributed by atoms with Crippen molar-refractivity contribution < 1.29 is 14.3 Å². The third kappa shape index (κ3) is 3.71. The van der Waals surface area contributed by atoms with Crippen LogP contribution in [-0.2, 0) is 4.74 Å². The Labute approximate surface area is 152 Å². The molecular weight excluding hydrogens is 334 g/mol. The summed E-state index contributed by atoms with van der Waals surface area (Å²) in [5, 5.41) is 0. The molecule has 1 amide bonds. The number of hydrogen-bond acceptors (Lipinski definition) is 4. The number of carbonyl (C=O) groups excluding carboxylic acids is 1. The summed E-state index contributed by atoms with van der Waals surface area (Å²) < 4.78 is 12.8. The molecule has 2 heterocycles. The predicted molar refractivity (Wildman–Crippen MR) is 99.8 cm³/mol. The lowest BCUT2D eigenvalue weighted by molar-refractivity contribution is 0.0189. The Balaban J connectivity index is 1.78. The van der Waals surface area contributed by atoms with Crippen molar-refractivity contribution in [1.82, 2.24) is 14.5 Å². The van der Waals surface area contributed by atoms with E-state index in [1.165, 1.54) is 0 Å². The summed E-state index contributed by atoms with van der Waals surface area (Å²) in [5.74, 6) is 0.687. The van der Waals surface area contributed by atoms with Gasteiger partial charge in [0.1, 0.15) is 16.9 Å². The fraction of sp³-hybridized carbons (Fsp3) is 0.579. The number of nitrogens with zero attached hydrogens (tertiary/aromatic N) is 2. The second-order valence-corrected chi connectivity index (χ2v) is 7.58. The van der Waals surface area contributed by atoms with E-state index in [2.05, 4.69) is 4.98 Å². The van der Waals surface area contributed by atoms with Gasteiger partial charge >= 0.3 is 11.8 Å². The van der Waals surface area contributed by atoms with Crippen LogP contribution in [0.15, 0.2) is 23.0 Å². The van der Waals surface area contributed by atoms with Crippen LogP contribution in [0.4, 0.5) is 4.79 Å². The number of ether oxygens (including phenoxy) is 2. The van der Waals surface area contributed by atoms with Crippen molar-refractivity contribution >= 4 is 17.1 Å². The zero-order chi connectivity index (χ0) is 18.9. The third-order valence-corrected chi connectivity index (χ3v) is 4.50. The number of para-hydroxylation sites is 1. The van der Waals surface area contributed by atoms with Crippen LogP contribution in [0, 0.1) is 0 Å². The van der Waals surface area contributed by atoms with E-state index in [1.54, 1.807) is 9.47 Å². The molecule has 3 rings (SSSR count). The Morgan fingerprint density at radius 2 is 1.96 bits per heavy atom. The van der Waals surface area contributed by atoms with Gasteiger partial charge < -0.3 is 19.4 Å². The number of carbonyl (C=O) groups is 1. The van der Waals surface area contributed by atoms with Crippen LogP contribution >= 0.6 is 0 Å². The van der Waals surface area contributed by atoms with Gasteiger partial charge in [-0.1, -0.05) is 6.07 Å². The van der Waals surface area contributed by atoms with Crippen molar-refractivity contribution in [2.75, 3.05) is 19.7 Å². The van der Waals surface area contributed by atoms with Crippen molar-refractivity contribution in [2.24, 2.45) is 0 Å². The fourth-order valence-corrected chi connectivity index (χ4v) is 3.39. The molecule has 142 valence electrons. The van der Waals surface area contributed by atoms with Gasteiger partial charge in [-0.05, 0) is 52.7 Å². The summed E-state index contributed by atoms with van der Waals surface area (Å²) in [6, 6.07) is 5.73. The number of piperidine rings is 1. The first-order chi connectivity index (χ1) is 12.3. The SMILES string of the molecule is CCOc1cccc2c1[nH]c(=O)n2C1CCN(C(=O)OC(C)(C)C)CC1. The van der Waals surface area contributed by atoms with E-state index in [0.717, 1.165) is 11.0 Å². The number of hydrogen-bond donors (Lipinski definition) is 1. The van der Waals surface area contributed by atoms with Gasteiger partial charge in [0.25, 0.3) is 0 Å². The Bertz CT molecular complexity index is 839. The van der Waals surface area contributed by atoms with Crippen molar-refractivity contribution in [1.29, 1.82) is 0 Å². The number of likely N-dealkylation sites (tertiary alicyclic amines) is 1. The van der Waals surface area contributed by atoms with E-state index >= 15 is 0 Å². The Morgan fingerprint density at radius 3 is 2.58 bits per heavy atom. The molecular formula is C19H27N3O4. The van der Waals surface area contributed by atoms with Crippen molar-refractivity contribution in [3.63, 3.8) is 0 Å². The maximum Gasteiger partial charge on any atom is 0.410 e. The van der Waals surface area contributed by atoms with Crippen LogP contribution in [-0.4, -0.2) is 45.8 Å². The molecule has 0 aliphatic carbocycles. The number of aromatic nitrogens is 2. The smallest absolute Gasteiger partial charge is 0.410 e. The topological polar surface area (TPSA) is 76.6 Å². The van der Waals surface area contributed by atoms with Crippen LogP contribution < -0.4 is 10.4 Å². The van der Waals surface area contributed by atoms with Gasteiger partial charge in [0.15, 0.2) is 0 Å². The minimum Gasteiger partial charge on any atom is -0.492 e. The van der Waals surface area contributed by atoms with Crippen molar-refractivity contribution in [3.8, 4) is 5.75 Å². The minimum atomic E-state index is -0.503. The zero-order valence-electron chi connectivity index (χ0n) is 15.9. The largest absolute Gasteiger partial charge is 0.492 e. The van der Waals surface area contributed by atoms with Gasteiger partial charge in [0.2, 0.25) is 0 Å². The molecule has 1 N–H and O–H groups in total. The molecule has 1 aliphatic rings. The summed E-state index contributed by atoms with van der Waals surface area (Å²) in [7, 11) is 0. The van der Waals surface area contributed by atoms with E-state index in [4.69, 9.17) is 9.47 Å². The molecule has 1 aromatic heterocycles. The van der Waals surface area contributed by atoms with Gasteiger partial charge in [0, 0.05) is 19.1 Å². The van der Waals surface area contributed by atoms with E-state index in [1.807, 2.05) is 45.9 Å². The Morgan fingerprint density at radius 1 is 1.27 bits per heavy atom. The van der Waals surface area contributed by atoms with E-state index < -0.39 is 5.60 Å². The molecule has 0 bridgehead atoms. The lowest BCUT2D eigenvalue weighted by atomic mass is 10.0. The molecule has 0 spiro atoms. The van der Waals surface area contributed by atoms with Crippen LogP contribution in [0.25, 0.3) is 11.0 Å². The lowest BCUT2D eigenvalue weighted by Crippen LogP contribution is -2.43. The monoisotopic (exact) mass is 361 g/mol. The summed E-state index contributed by atoms with van der Waals surface area (Å²) in [6.45, 7) is 9.19. The Hall–Kier alpha value is -2.44. The first-order valence-electron chi connectivity index (χ1n) is 9.14. The lowest BCUT2D eigenvalue weighted by Gasteiger charge is -2.33. The molecule has 2 aromatic rings. The standard InChI is InChI=1S/C19H27N3O4/c1-5-25-15-8-6-7-14-16(15)20-17(23)22(14)13-9-11-21(12-10-13)18(24)26-19(2,3)4/h6-8,13H,5,9-12H2,1-4H3,(H,20,23). The third-order valence-electron chi connectivity index (χ3n) is 4.50. The van der Waals surface area contributed by atoms with Crippen LogP contribution in [0.2, 0.25) is 0 Å². The maximum atomic E-state index is 12.5. The number of nitrogens with one attached hydrogen (secondary N) is 1. The predicted octanol–water partition coefficient (Wildman–Crippen LogP) is 3.30. The van der Waals surface area contributed by atoms with Crippen LogP contribution in [0.3, 0.4) is 0 Å². The normalized spacial score (nSPS) is 16.1. The van der Waals surface area contributed by atoms with Gasteiger partial charge in [-0.15, -0.1) is 0 Å². The summed E-state index contributed by atoms with van der Waals surface area (Å²) in [6.07, 6.45) is 1.14. The first-order valence-corrected chi connectivity index (χ1v) is 9.14. The van der Waals surface area contributed by atoms with E-state index in [0.29, 0.717) is 38.3 Å². The molecule has 0 radical (unpaired) electrons. The average molecular weight is 361 g/mol. The highest BCUT2D eigenvalue weighted by Gasteiger charge is 2.29. The molecule has 0 atom stereocenters. The second-order valence-electron chi connectivity index (χ2n) is 7.58. The first kappa shape index (κ1) is 18.4. The number of amides is 1. The van der Waals surface area contributed by atoms with Gasteiger partial charge in [-0.25, -0.2) is 9.59 Å². The number of imidazole rings is 1. The number of fused-ring (bicyclic) bond motifs is 1. The van der Waals surface area contributed by atoms with Crippen molar-refractivity contribution in [3.05, 3.63) is 28.7 Å². The maximum absolute atomic E-state index is 12.5. The number of H-pyrrole nitrogens is 1. The van der Waals surface area contributed by atoms with E-state index in [-0.39, 0.29) is 17.8 Å². The number of aromatic amines is 1. The highest BCUT2D eigenvalue weighted by atomic mass is 16.6. The second kappa shape index (κ2) is 7.05. The number of rotatable bonds is 3. The Kier molecular flexibility index (Phi) is 4.98. The van der Waals surface area contributed by atoms with Gasteiger partial charge in [-0.2, -0.15) is 0 Å². The van der Waals surface area contributed by atoms with E-state index in [9.17, 15) is 9.59 Å². The average Bonchev–Trinajstić information content (AvgIpc) is 2.91. The van der Waals surface area contributed by atoms with Crippen LogP contribution in [0.1, 0.15) is 46.6 Å². The highest BCUT2D eigenvalue weighted by molar-refractivity contribution is 5.82. The molecule has 1 saturated heterocycles.